The molecule has 1 aromatic heterocycles. The third-order valence-electron chi connectivity index (χ3n) is 3.04. The van der Waals surface area contributed by atoms with E-state index in [0.29, 0.717) is 18.1 Å². The van der Waals surface area contributed by atoms with Crippen LogP contribution in [0.3, 0.4) is 0 Å². The molecule has 2 amide bonds. The van der Waals surface area contributed by atoms with Crippen LogP contribution in [0.5, 0.6) is 0 Å². The number of anilines is 1. The molecule has 22 heavy (non-hydrogen) atoms. The second-order valence-electron chi connectivity index (χ2n) is 4.61. The average Bonchev–Trinajstić information content (AvgIpc) is 3.09. The maximum atomic E-state index is 11.8. The molecule has 2 aromatic carbocycles. The highest BCUT2D eigenvalue weighted by Gasteiger charge is 2.04. The van der Waals surface area contributed by atoms with Crippen molar-refractivity contribution in [1.82, 2.24) is 25.9 Å². The number of nitrogens with one attached hydrogen (secondary N) is 3. The number of H-pyrrole nitrogens is 1. The normalized spacial score (nSPS) is 10.2. The predicted molar refractivity (Wildman–Crippen MR) is 81.9 cm³/mol. The average molecular weight is 294 g/mol. The van der Waals surface area contributed by atoms with Gasteiger partial charge in [0.05, 0.1) is 0 Å². The van der Waals surface area contributed by atoms with Crippen molar-refractivity contribution >= 4 is 11.7 Å². The van der Waals surface area contributed by atoms with Crippen molar-refractivity contribution in [3.05, 3.63) is 60.2 Å². The minimum atomic E-state index is -0.254. The second kappa shape index (κ2) is 6.49. The number of hydrogen-bond acceptors (Lipinski definition) is 4. The Balaban J connectivity index is 1.55. The van der Waals surface area contributed by atoms with Crippen molar-refractivity contribution in [2.75, 3.05) is 5.32 Å². The van der Waals surface area contributed by atoms with Crippen molar-refractivity contribution in [2.45, 2.75) is 6.54 Å². The molecule has 3 N–H and O–H groups in total. The van der Waals surface area contributed by atoms with E-state index in [1.54, 1.807) is 12.1 Å². The number of benzene rings is 2. The summed E-state index contributed by atoms with van der Waals surface area (Å²) >= 11 is 0. The minimum absolute atomic E-state index is 0.254. The molecule has 0 aliphatic rings. The van der Waals surface area contributed by atoms with E-state index in [9.17, 15) is 4.79 Å². The number of carbonyl (C=O) groups is 1. The third kappa shape index (κ3) is 3.45. The first-order valence-electron chi connectivity index (χ1n) is 6.74. The second-order valence-corrected chi connectivity index (χ2v) is 4.61. The number of amides is 2. The van der Waals surface area contributed by atoms with Gasteiger partial charge in [-0.15, -0.1) is 10.2 Å². The summed E-state index contributed by atoms with van der Waals surface area (Å²) in [6.07, 6.45) is 0. The number of hydrogen-bond donors (Lipinski definition) is 3. The molecule has 0 saturated heterocycles. The van der Waals surface area contributed by atoms with Crippen LogP contribution in [0.4, 0.5) is 10.5 Å². The fourth-order valence-electron chi connectivity index (χ4n) is 1.94. The van der Waals surface area contributed by atoms with Crippen molar-refractivity contribution < 1.29 is 4.79 Å². The lowest BCUT2D eigenvalue weighted by atomic mass is 10.2. The zero-order valence-corrected chi connectivity index (χ0v) is 11.7. The maximum absolute atomic E-state index is 11.8. The molecule has 110 valence electrons. The van der Waals surface area contributed by atoms with E-state index in [2.05, 4.69) is 31.3 Å². The highest BCUT2D eigenvalue weighted by Crippen LogP contribution is 2.16. The maximum Gasteiger partial charge on any atom is 0.319 e. The zero-order valence-electron chi connectivity index (χ0n) is 11.7. The first kappa shape index (κ1) is 13.7. The summed E-state index contributed by atoms with van der Waals surface area (Å²) in [5, 5.41) is 19.3. The molecule has 3 rings (SSSR count). The monoisotopic (exact) mass is 294 g/mol. The summed E-state index contributed by atoms with van der Waals surface area (Å²) in [6.45, 7) is 0.480. The smallest absolute Gasteiger partial charge is 0.319 e. The highest BCUT2D eigenvalue weighted by molar-refractivity contribution is 5.89. The van der Waals surface area contributed by atoms with Crippen LogP contribution in [0, 0.1) is 0 Å². The number of aromatic amines is 1. The lowest BCUT2D eigenvalue weighted by molar-refractivity contribution is 0.251. The molecule has 0 spiro atoms. The predicted octanol–water partition coefficient (Wildman–Crippen LogP) is 2.19. The van der Waals surface area contributed by atoms with Gasteiger partial charge in [0.1, 0.15) is 0 Å². The molecule has 7 heteroatoms. The lowest BCUT2D eigenvalue weighted by Crippen LogP contribution is -2.28. The van der Waals surface area contributed by atoms with Gasteiger partial charge in [-0.2, -0.15) is 5.21 Å². The Morgan fingerprint density at radius 3 is 2.50 bits per heavy atom. The van der Waals surface area contributed by atoms with Gasteiger partial charge in [0.15, 0.2) is 0 Å². The van der Waals surface area contributed by atoms with E-state index in [-0.39, 0.29) is 6.03 Å². The molecular formula is C15H14N6O. The quantitative estimate of drug-likeness (QED) is 0.687. The van der Waals surface area contributed by atoms with E-state index in [1.807, 2.05) is 42.5 Å². The van der Waals surface area contributed by atoms with Gasteiger partial charge in [0, 0.05) is 17.8 Å². The Hall–Kier alpha value is -3.22. The van der Waals surface area contributed by atoms with Gasteiger partial charge in [0.25, 0.3) is 0 Å². The largest absolute Gasteiger partial charge is 0.334 e. The highest BCUT2D eigenvalue weighted by atomic mass is 16.2. The fraction of sp³-hybridized carbons (Fsp3) is 0.0667. The number of carbonyl (C=O) groups excluding carboxylic acids is 1. The number of rotatable bonds is 4. The van der Waals surface area contributed by atoms with E-state index >= 15 is 0 Å². The van der Waals surface area contributed by atoms with Gasteiger partial charge in [-0.1, -0.05) is 30.3 Å². The third-order valence-corrected chi connectivity index (χ3v) is 3.04. The molecule has 0 aliphatic carbocycles. The molecule has 0 bridgehead atoms. The zero-order chi connectivity index (χ0) is 15.2. The standard InChI is InChI=1S/C15H14N6O/c22-15(16-10-11-4-2-1-3-5-11)17-13-8-6-12(7-9-13)14-18-20-21-19-14/h1-9H,10H2,(H2,16,17,22)(H,18,19,20,21). The van der Waals surface area contributed by atoms with E-state index in [4.69, 9.17) is 0 Å². The van der Waals surface area contributed by atoms with E-state index in [0.717, 1.165) is 11.1 Å². The molecule has 1 heterocycles. The van der Waals surface area contributed by atoms with Crippen molar-refractivity contribution in [3.8, 4) is 11.4 Å². The molecule has 0 atom stereocenters. The van der Waals surface area contributed by atoms with Crippen LogP contribution >= 0.6 is 0 Å². The number of tetrazole rings is 1. The summed E-state index contributed by atoms with van der Waals surface area (Å²) < 4.78 is 0. The van der Waals surface area contributed by atoms with Crippen molar-refractivity contribution in [2.24, 2.45) is 0 Å². The molecular weight excluding hydrogens is 280 g/mol. The van der Waals surface area contributed by atoms with Crippen LogP contribution in [0.25, 0.3) is 11.4 Å². The lowest BCUT2D eigenvalue weighted by Gasteiger charge is -2.08. The fourth-order valence-corrected chi connectivity index (χ4v) is 1.94. The molecule has 0 unspecified atom stereocenters. The Morgan fingerprint density at radius 2 is 1.82 bits per heavy atom. The SMILES string of the molecule is O=C(NCc1ccccc1)Nc1ccc(-c2nn[nH]n2)cc1. The molecule has 0 fully saturated rings. The molecule has 0 radical (unpaired) electrons. The summed E-state index contributed by atoms with van der Waals surface area (Å²) in [5.74, 6) is 0.514. The summed E-state index contributed by atoms with van der Waals surface area (Å²) in [7, 11) is 0. The number of nitrogens with zero attached hydrogens (tertiary/aromatic N) is 3. The summed E-state index contributed by atoms with van der Waals surface area (Å²) in [6, 6.07) is 16.7. The van der Waals surface area contributed by atoms with Gasteiger partial charge < -0.3 is 10.6 Å². The van der Waals surface area contributed by atoms with Gasteiger partial charge in [-0.25, -0.2) is 4.79 Å². The van der Waals surface area contributed by atoms with Gasteiger partial charge in [0.2, 0.25) is 5.82 Å². The van der Waals surface area contributed by atoms with Gasteiger partial charge in [-0.3, -0.25) is 0 Å². The molecule has 0 aliphatic heterocycles. The van der Waals surface area contributed by atoms with Crippen LogP contribution in [-0.2, 0) is 6.54 Å². The van der Waals surface area contributed by atoms with E-state index < -0.39 is 0 Å². The number of aromatic nitrogens is 4. The van der Waals surface area contributed by atoms with Crippen molar-refractivity contribution in [3.63, 3.8) is 0 Å². The minimum Gasteiger partial charge on any atom is -0.334 e. The molecule has 3 aromatic rings. The van der Waals surface area contributed by atoms with Gasteiger partial charge in [-0.05, 0) is 35.0 Å². The van der Waals surface area contributed by atoms with Crippen LogP contribution < -0.4 is 10.6 Å². The first-order chi connectivity index (χ1) is 10.8. The van der Waals surface area contributed by atoms with Crippen LogP contribution in [0.1, 0.15) is 5.56 Å². The topological polar surface area (TPSA) is 95.6 Å². The van der Waals surface area contributed by atoms with Crippen LogP contribution in [0.15, 0.2) is 54.6 Å². The molecule has 0 saturated carbocycles. The number of urea groups is 1. The Labute approximate surface area is 126 Å². The van der Waals surface area contributed by atoms with E-state index in [1.165, 1.54) is 0 Å². The summed E-state index contributed by atoms with van der Waals surface area (Å²) in [5.41, 5.74) is 2.56. The Bertz CT molecular complexity index is 724. The van der Waals surface area contributed by atoms with Crippen LogP contribution in [-0.4, -0.2) is 26.7 Å². The Kier molecular flexibility index (Phi) is 4.05. The molecule has 7 nitrogen and oxygen atoms in total. The van der Waals surface area contributed by atoms with Crippen LogP contribution in [0.2, 0.25) is 0 Å². The summed E-state index contributed by atoms with van der Waals surface area (Å²) in [4.78, 5) is 11.8. The van der Waals surface area contributed by atoms with Crippen molar-refractivity contribution in [1.29, 1.82) is 0 Å². The van der Waals surface area contributed by atoms with Gasteiger partial charge >= 0.3 is 6.03 Å². The Morgan fingerprint density at radius 1 is 1.05 bits per heavy atom. The first-order valence-corrected chi connectivity index (χ1v) is 6.74.